The van der Waals surface area contributed by atoms with Crippen molar-refractivity contribution in [3.05, 3.63) is 69.2 Å². The summed E-state index contributed by atoms with van der Waals surface area (Å²) in [6.07, 6.45) is 3.90. The molecule has 1 aliphatic carbocycles. The molecule has 2 unspecified atom stereocenters. The van der Waals surface area contributed by atoms with Crippen molar-refractivity contribution in [2.75, 3.05) is 13.6 Å². The molecule has 0 saturated carbocycles. The molecule has 0 amide bonds. The van der Waals surface area contributed by atoms with Crippen LogP contribution in [0.5, 0.6) is 0 Å². The molecule has 1 aliphatic rings. The fraction of sp³-hybridized carbons (Fsp3) is 0.409. The Labute approximate surface area is 183 Å². The van der Waals surface area contributed by atoms with Crippen LogP contribution in [0.4, 0.5) is 0 Å². The molecule has 0 bridgehead atoms. The standard InChI is InChI=1S/C22H25Cl2NO2.ClH/c1-15(21(26)27)25(2)13-3-11-22(17-4-6-18(23)7-5-17)12-10-16-14-19(24)8-9-20(16)22;/h4-9,14-15H,3,10-13H2,1-2H3,(H,26,27);1H. The minimum Gasteiger partial charge on any atom is -0.480 e. The Balaban J connectivity index is 0.00000280. The van der Waals surface area contributed by atoms with E-state index in [2.05, 4.69) is 24.3 Å². The van der Waals surface area contributed by atoms with Crippen LogP contribution in [0.3, 0.4) is 0 Å². The van der Waals surface area contributed by atoms with Crippen molar-refractivity contribution in [3.8, 4) is 0 Å². The largest absolute Gasteiger partial charge is 0.480 e. The first-order valence-electron chi connectivity index (χ1n) is 9.31. The van der Waals surface area contributed by atoms with Gasteiger partial charge in [-0.15, -0.1) is 12.4 Å². The summed E-state index contributed by atoms with van der Waals surface area (Å²) in [5.41, 5.74) is 3.84. The lowest BCUT2D eigenvalue weighted by molar-refractivity contribution is -0.142. The third-order valence-electron chi connectivity index (χ3n) is 5.93. The number of hydrogen-bond acceptors (Lipinski definition) is 2. The number of carboxylic acid groups (broad SMARTS) is 1. The molecule has 2 aromatic rings. The van der Waals surface area contributed by atoms with Crippen LogP contribution in [0.15, 0.2) is 42.5 Å². The molecule has 0 heterocycles. The Hall–Kier alpha value is -1.26. The van der Waals surface area contributed by atoms with Crippen molar-refractivity contribution in [3.63, 3.8) is 0 Å². The van der Waals surface area contributed by atoms with Crippen LogP contribution in [-0.4, -0.2) is 35.6 Å². The highest BCUT2D eigenvalue weighted by molar-refractivity contribution is 6.30. The SMILES string of the molecule is CC(C(=O)O)N(C)CCCC1(c2ccc(Cl)cc2)CCc2cc(Cl)ccc21.Cl. The number of aryl methyl sites for hydroxylation is 1. The van der Waals surface area contributed by atoms with Gasteiger partial charge in [0.15, 0.2) is 0 Å². The monoisotopic (exact) mass is 441 g/mol. The summed E-state index contributed by atoms with van der Waals surface area (Å²) in [6, 6.07) is 13.9. The number of carbonyl (C=O) groups is 1. The van der Waals surface area contributed by atoms with E-state index in [1.54, 1.807) is 6.92 Å². The van der Waals surface area contributed by atoms with Gasteiger partial charge in [-0.2, -0.15) is 0 Å². The summed E-state index contributed by atoms with van der Waals surface area (Å²) in [7, 11) is 1.87. The molecule has 3 nitrogen and oxygen atoms in total. The third-order valence-corrected chi connectivity index (χ3v) is 6.42. The van der Waals surface area contributed by atoms with Crippen molar-refractivity contribution >= 4 is 41.6 Å². The van der Waals surface area contributed by atoms with E-state index in [1.807, 2.05) is 30.1 Å². The molecule has 0 spiro atoms. The van der Waals surface area contributed by atoms with Crippen molar-refractivity contribution in [2.45, 2.75) is 44.1 Å². The maximum Gasteiger partial charge on any atom is 0.320 e. The first kappa shape index (κ1) is 23.0. The zero-order chi connectivity index (χ0) is 19.6. The Morgan fingerprint density at radius 1 is 1.18 bits per heavy atom. The molecule has 0 fully saturated rings. The van der Waals surface area contributed by atoms with E-state index < -0.39 is 12.0 Å². The van der Waals surface area contributed by atoms with Crippen LogP contribution >= 0.6 is 35.6 Å². The zero-order valence-electron chi connectivity index (χ0n) is 16.1. The molecule has 0 aliphatic heterocycles. The smallest absolute Gasteiger partial charge is 0.320 e. The van der Waals surface area contributed by atoms with Gasteiger partial charge < -0.3 is 5.11 Å². The summed E-state index contributed by atoms with van der Waals surface area (Å²) in [5.74, 6) is -0.786. The molecule has 0 saturated heterocycles. The highest BCUT2D eigenvalue weighted by Gasteiger charge is 2.39. The molecule has 0 radical (unpaired) electrons. The van der Waals surface area contributed by atoms with Crippen LogP contribution in [0.2, 0.25) is 10.0 Å². The van der Waals surface area contributed by atoms with E-state index in [9.17, 15) is 9.90 Å². The molecule has 6 heteroatoms. The van der Waals surface area contributed by atoms with E-state index in [-0.39, 0.29) is 17.8 Å². The Bertz CT molecular complexity index is 825. The van der Waals surface area contributed by atoms with Gasteiger partial charge in [0.25, 0.3) is 0 Å². The van der Waals surface area contributed by atoms with Gasteiger partial charge in [-0.25, -0.2) is 0 Å². The number of rotatable bonds is 7. The van der Waals surface area contributed by atoms with E-state index in [0.29, 0.717) is 0 Å². The second kappa shape index (κ2) is 9.49. The number of hydrogen-bond donors (Lipinski definition) is 1. The second-order valence-electron chi connectivity index (χ2n) is 7.49. The Kier molecular flexibility index (Phi) is 7.81. The summed E-state index contributed by atoms with van der Waals surface area (Å²) in [5, 5.41) is 10.7. The van der Waals surface area contributed by atoms with Crippen LogP contribution in [0.25, 0.3) is 0 Å². The topological polar surface area (TPSA) is 40.5 Å². The number of aliphatic carboxylic acids is 1. The van der Waals surface area contributed by atoms with Gasteiger partial charge in [-0.05, 0) is 87.2 Å². The third kappa shape index (κ3) is 4.65. The highest BCUT2D eigenvalue weighted by Crippen LogP contribution is 2.48. The average molecular weight is 443 g/mol. The quantitative estimate of drug-likeness (QED) is 0.586. The lowest BCUT2D eigenvalue weighted by Crippen LogP contribution is -2.37. The van der Waals surface area contributed by atoms with Gasteiger partial charge in [0, 0.05) is 15.5 Å². The summed E-state index contributed by atoms with van der Waals surface area (Å²) < 4.78 is 0. The first-order chi connectivity index (χ1) is 12.8. The van der Waals surface area contributed by atoms with Crippen molar-refractivity contribution in [2.24, 2.45) is 0 Å². The van der Waals surface area contributed by atoms with Crippen molar-refractivity contribution in [1.29, 1.82) is 0 Å². The maximum atomic E-state index is 11.2. The lowest BCUT2D eigenvalue weighted by atomic mass is 9.72. The van der Waals surface area contributed by atoms with E-state index >= 15 is 0 Å². The number of likely N-dealkylation sites (N-methyl/N-ethyl adjacent to an activating group) is 1. The number of halogens is 3. The van der Waals surface area contributed by atoms with Crippen LogP contribution in [0.1, 0.15) is 42.9 Å². The number of nitrogens with zero attached hydrogens (tertiary/aromatic N) is 1. The highest BCUT2D eigenvalue weighted by atomic mass is 35.5. The summed E-state index contributed by atoms with van der Waals surface area (Å²) >= 11 is 12.3. The van der Waals surface area contributed by atoms with Crippen molar-refractivity contribution < 1.29 is 9.90 Å². The summed E-state index contributed by atoms with van der Waals surface area (Å²) in [6.45, 7) is 2.47. The fourth-order valence-electron chi connectivity index (χ4n) is 4.20. The molecule has 2 atom stereocenters. The first-order valence-corrected chi connectivity index (χ1v) is 10.1. The van der Waals surface area contributed by atoms with Crippen molar-refractivity contribution in [1.82, 2.24) is 4.90 Å². The summed E-state index contributed by atoms with van der Waals surface area (Å²) in [4.78, 5) is 13.1. The van der Waals surface area contributed by atoms with Gasteiger partial charge >= 0.3 is 5.97 Å². The minimum absolute atomic E-state index is 0. The molecule has 28 heavy (non-hydrogen) atoms. The number of fused-ring (bicyclic) bond motifs is 1. The Morgan fingerprint density at radius 3 is 2.46 bits per heavy atom. The molecule has 152 valence electrons. The predicted octanol–water partition coefficient (Wildman–Crippen LogP) is 5.83. The van der Waals surface area contributed by atoms with E-state index in [4.69, 9.17) is 23.2 Å². The maximum absolute atomic E-state index is 11.2. The van der Waals surface area contributed by atoms with Crippen LogP contribution in [-0.2, 0) is 16.6 Å². The minimum atomic E-state index is -0.786. The average Bonchev–Trinajstić information content (AvgIpc) is 3.00. The zero-order valence-corrected chi connectivity index (χ0v) is 18.4. The van der Waals surface area contributed by atoms with Gasteiger partial charge in [0.2, 0.25) is 0 Å². The molecular formula is C22H26Cl3NO2. The molecule has 1 N–H and O–H groups in total. The van der Waals surface area contributed by atoms with Gasteiger partial charge in [0.1, 0.15) is 6.04 Å². The van der Waals surface area contributed by atoms with Gasteiger partial charge in [-0.1, -0.05) is 41.4 Å². The second-order valence-corrected chi connectivity index (χ2v) is 8.36. The molecule has 2 aromatic carbocycles. The molecule has 0 aromatic heterocycles. The lowest BCUT2D eigenvalue weighted by Gasteiger charge is -2.33. The molecule has 3 rings (SSSR count). The number of carboxylic acids is 1. The van der Waals surface area contributed by atoms with E-state index in [0.717, 1.165) is 42.3 Å². The molecular weight excluding hydrogens is 417 g/mol. The normalized spacial score (nSPS) is 19.2. The van der Waals surface area contributed by atoms with E-state index in [1.165, 1.54) is 16.7 Å². The Morgan fingerprint density at radius 2 is 1.82 bits per heavy atom. The number of benzene rings is 2. The van der Waals surface area contributed by atoms with Crippen LogP contribution < -0.4 is 0 Å². The predicted molar refractivity (Wildman–Crippen MR) is 118 cm³/mol. The fourth-order valence-corrected chi connectivity index (χ4v) is 4.52. The van der Waals surface area contributed by atoms with Gasteiger partial charge in [0.05, 0.1) is 0 Å². The van der Waals surface area contributed by atoms with Gasteiger partial charge in [-0.3, -0.25) is 9.69 Å². The van der Waals surface area contributed by atoms with Crippen LogP contribution in [0, 0.1) is 0 Å².